The van der Waals surface area contributed by atoms with E-state index in [1.807, 2.05) is 24.3 Å². The quantitative estimate of drug-likeness (QED) is 0.263. The number of aromatic nitrogens is 1. The molecule has 0 saturated carbocycles. The van der Waals surface area contributed by atoms with Crippen molar-refractivity contribution in [1.29, 1.82) is 0 Å². The van der Waals surface area contributed by atoms with Crippen LogP contribution in [0.25, 0.3) is 0 Å². The number of benzene rings is 1. The van der Waals surface area contributed by atoms with Gasteiger partial charge in [0.2, 0.25) is 5.91 Å². The molecule has 2 aromatic rings. The van der Waals surface area contributed by atoms with Crippen LogP contribution in [0.4, 0.5) is 5.00 Å². The molecule has 0 fully saturated rings. The largest absolute Gasteiger partial charge is 0.335 e. The zero-order chi connectivity index (χ0) is 20.5. The number of hydrogen-bond donors (Lipinski definition) is 1. The molecule has 0 aliphatic heterocycles. The van der Waals surface area contributed by atoms with Crippen molar-refractivity contribution in [3.8, 4) is 0 Å². The van der Waals surface area contributed by atoms with Gasteiger partial charge in [-0.15, -0.1) is 0 Å². The molecule has 150 valence electrons. The van der Waals surface area contributed by atoms with Crippen molar-refractivity contribution in [2.75, 3.05) is 5.32 Å². The van der Waals surface area contributed by atoms with Crippen molar-refractivity contribution in [2.45, 2.75) is 52.9 Å². The Morgan fingerprint density at radius 1 is 1.25 bits per heavy atom. The number of aryl methyl sites for hydroxylation is 1. The normalized spacial score (nSPS) is 11.4. The van der Waals surface area contributed by atoms with Gasteiger partial charge < -0.3 is 10.2 Å². The summed E-state index contributed by atoms with van der Waals surface area (Å²) in [6, 6.07) is 7.37. The molecule has 8 heteroatoms. The molecule has 2 rings (SSSR count). The monoisotopic (exact) mass is 421 g/mol. The van der Waals surface area contributed by atoms with Crippen LogP contribution < -0.4 is 5.32 Å². The van der Waals surface area contributed by atoms with Crippen molar-refractivity contribution < 1.29 is 14.4 Å². The van der Waals surface area contributed by atoms with Crippen molar-refractivity contribution in [2.24, 2.45) is 5.16 Å². The summed E-state index contributed by atoms with van der Waals surface area (Å²) in [5, 5.41) is 7.71. The predicted octanol–water partition coefficient (Wildman–Crippen LogP) is 5.13. The van der Waals surface area contributed by atoms with Gasteiger partial charge in [-0.05, 0) is 42.9 Å². The van der Waals surface area contributed by atoms with Gasteiger partial charge in [-0.25, -0.2) is 4.79 Å². The van der Waals surface area contributed by atoms with Gasteiger partial charge in [0.1, 0.15) is 5.00 Å². The van der Waals surface area contributed by atoms with Crippen molar-refractivity contribution >= 4 is 45.7 Å². The molecule has 0 atom stereocenters. The van der Waals surface area contributed by atoms with Gasteiger partial charge in [-0.2, -0.15) is 4.37 Å². The smallest absolute Gasteiger partial charge is 0.318 e. The highest BCUT2D eigenvalue weighted by Crippen LogP contribution is 2.29. The minimum Gasteiger partial charge on any atom is -0.318 e. The van der Waals surface area contributed by atoms with Gasteiger partial charge in [-0.3, -0.25) is 4.79 Å². The number of anilines is 1. The summed E-state index contributed by atoms with van der Waals surface area (Å²) in [5.41, 5.74) is 2.98. The first kappa shape index (κ1) is 22.0. The second kappa shape index (κ2) is 10.9. The third-order valence-corrected chi connectivity index (χ3v) is 5.48. The van der Waals surface area contributed by atoms with Crippen molar-refractivity contribution in [3.63, 3.8) is 0 Å². The van der Waals surface area contributed by atoms with Gasteiger partial charge in [0, 0.05) is 6.42 Å². The molecule has 1 aromatic carbocycles. The second-order valence-electron chi connectivity index (χ2n) is 6.43. The minimum absolute atomic E-state index is 0.162. The minimum atomic E-state index is -0.321. The van der Waals surface area contributed by atoms with Crippen LogP contribution in [0.3, 0.4) is 0 Å². The third-order valence-electron chi connectivity index (χ3n) is 4.05. The number of halogens is 1. The Hall–Kier alpha value is -2.25. The van der Waals surface area contributed by atoms with Crippen LogP contribution in [-0.4, -0.2) is 22.0 Å². The average molecular weight is 422 g/mol. The first-order valence-electron chi connectivity index (χ1n) is 9.16. The van der Waals surface area contributed by atoms with E-state index < -0.39 is 0 Å². The van der Waals surface area contributed by atoms with Crippen LogP contribution >= 0.6 is 23.1 Å². The molecule has 6 nitrogen and oxygen atoms in total. The highest BCUT2D eigenvalue weighted by atomic mass is 35.5. The summed E-state index contributed by atoms with van der Waals surface area (Å²) in [7, 11) is 0. The van der Waals surface area contributed by atoms with Gasteiger partial charge >= 0.3 is 5.97 Å². The Labute approximate surface area is 174 Å². The number of rotatable bonds is 9. The maximum Gasteiger partial charge on any atom is 0.335 e. The number of carbonyl (C=O) groups is 2. The number of oxime groups is 1. The maximum absolute atomic E-state index is 12.2. The molecular formula is C20H24ClN3O3S. The molecule has 0 aliphatic carbocycles. The molecule has 1 aromatic heterocycles. The number of carbonyl (C=O) groups excluding carboxylic acids is 2. The lowest BCUT2D eigenvalue weighted by molar-refractivity contribution is -0.143. The summed E-state index contributed by atoms with van der Waals surface area (Å²) in [5.74, 6) is -0.484. The van der Waals surface area contributed by atoms with Crippen LogP contribution in [-0.2, 0) is 20.8 Å². The Balaban J connectivity index is 1.88. The highest BCUT2D eigenvalue weighted by Gasteiger charge is 2.12. The number of amides is 1. The maximum atomic E-state index is 12.2. The molecule has 1 N–H and O–H groups in total. The zero-order valence-electron chi connectivity index (χ0n) is 16.3. The van der Waals surface area contributed by atoms with E-state index in [1.54, 1.807) is 13.8 Å². The third kappa shape index (κ3) is 6.73. The molecule has 1 amide bonds. The van der Waals surface area contributed by atoms with Crippen LogP contribution in [0.2, 0.25) is 5.02 Å². The first-order chi connectivity index (χ1) is 13.4. The Bertz CT molecular complexity index is 847. The summed E-state index contributed by atoms with van der Waals surface area (Å²) >= 11 is 7.25. The summed E-state index contributed by atoms with van der Waals surface area (Å²) in [6.07, 6.45) is 3.46. The van der Waals surface area contributed by atoms with Gasteiger partial charge in [0.05, 0.1) is 22.8 Å². The summed E-state index contributed by atoms with van der Waals surface area (Å²) in [4.78, 5) is 28.7. The zero-order valence-corrected chi connectivity index (χ0v) is 17.8. The second-order valence-corrected chi connectivity index (χ2v) is 7.58. The average Bonchev–Trinajstić information content (AvgIpc) is 2.99. The van der Waals surface area contributed by atoms with E-state index in [0.29, 0.717) is 27.9 Å². The van der Waals surface area contributed by atoms with E-state index in [1.165, 1.54) is 0 Å². The topological polar surface area (TPSA) is 80.6 Å². The number of hydrogen-bond acceptors (Lipinski definition) is 6. The lowest BCUT2D eigenvalue weighted by atomic mass is 10.1. The van der Waals surface area contributed by atoms with E-state index in [0.717, 1.165) is 41.9 Å². The van der Waals surface area contributed by atoms with Crippen LogP contribution in [0, 0.1) is 6.92 Å². The lowest BCUT2D eigenvalue weighted by Gasteiger charge is -2.05. The Morgan fingerprint density at radius 2 is 1.96 bits per heavy atom. The summed E-state index contributed by atoms with van der Waals surface area (Å²) < 4.78 is 4.10. The van der Waals surface area contributed by atoms with Crippen LogP contribution in [0.5, 0.6) is 0 Å². The highest BCUT2D eigenvalue weighted by molar-refractivity contribution is 7.11. The molecule has 0 unspecified atom stereocenters. The fourth-order valence-electron chi connectivity index (χ4n) is 2.39. The molecule has 0 bridgehead atoms. The fourth-order valence-corrected chi connectivity index (χ4v) is 3.34. The van der Waals surface area contributed by atoms with E-state index in [9.17, 15) is 9.59 Å². The van der Waals surface area contributed by atoms with E-state index >= 15 is 0 Å². The molecule has 28 heavy (non-hydrogen) atoms. The predicted molar refractivity (Wildman–Crippen MR) is 113 cm³/mol. The van der Waals surface area contributed by atoms with Gasteiger partial charge in [0.15, 0.2) is 0 Å². The number of nitrogens with zero attached hydrogens (tertiary/aromatic N) is 2. The van der Waals surface area contributed by atoms with Crippen molar-refractivity contribution in [3.05, 3.63) is 46.1 Å². The first-order valence-corrected chi connectivity index (χ1v) is 10.3. The van der Waals surface area contributed by atoms with E-state index in [4.69, 9.17) is 16.4 Å². The summed E-state index contributed by atoms with van der Waals surface area (Å²) in [6.45, 7) is 5.64. The molecular weight excluding hydrogens is 398 g/mol. The van der Waals surface area contributed by atoms with E-state index in [-0.39, 0.29) is 18.3 Å². The van der Waals surface area contributed by atoms with Crippen LogP contribution in [0.15, 0.2) is 29.4 Å². The van der Waals surface area contributed by atoms with Gasteiger partial charge in [-0.1, -0.05) is 60.8 Å². The Kier molecular flexibility index (Phi) is 8.60. The number of nitrogens with one attached hydrogen (secondary N) is 1. The molecule has 0 saturated heterocycles. The SMILES string of the molecule is CCCCCC(=O)O/N=C(\C)c1ccc(CC(=O)Nc2snc(C)c2Cl)cc1. The Morgan fingerprint density at radius 3 is 2.57 bits per heavy atom. The molecule has 1 heterocycles. The fraction of sp³-hybridized carbons (Fsp3) is 0.400. The van der Waals surface area contributed by atoms with Gasteiger partial charge in [0.25, 0.3) is 0 Å². The van der Waals surface area contributed by atoms with Crippen molar-refractivity contribution in [1.82, 2.24) is 4.37 Å². The lowest BCUT2D eigenvalue weighted by Crippen LogP contribution is -2.13. The van der Waals surface area contributed by atoms with E-state index in [2.05, 4.69) is 21.8 Å². The molecule has 0 radical (unpaired) electrons. The molecule has 0 aliphatic rings. The van der Waals surface area contributed by atoms with Crippen LogP contribution in [0.1, 0.15) is 56.4 Å². The number of unbranched alkanes of at least 4 members (excludes halogenated alkanes) is 2. The standard InChI is InChI=1S/C20H24ClN3O3S/c1-4-5-6-7-18(26)27-23-13(2)16-10-8-15(9-11-16)12-17(25)22-20-19(21)14(3)24-28-20/h8-11H,4-7,12H2,1-3H3,(H,22,25)/b23-13+. The molecule has 0 spiro atoms.